The van der Waals surface area contributed by atoms with Crippen LogP contribution >= 0.6 is 31.9 Å². The van der Waals surface area contributed by atoms with Gasteiger partial charge in [-0.25, -0.2) is 13.5 Å². The third kappa shape index (κ3) is 5.10. The van der Waals surface area contributed by atoms with Gasteiger partial charge in [0.1, 0.15) is 16.5 Å². The number of aryl methyl sites for hydroxylation is 1. The van der Waals surface area contributed by atoms with E-state index in [1.165, 1.54) is 35.1 Å². The summed E-state index contributed by atoms with van der Waals surface area (Å²) in [6.45, 7) is 4.17. The third-order valence-electron chi connectivity index (χ3n) is 5.25. The fourth-order valence-corrected chi connectivity index (χ4v) is 4.48. The van der Waals surface area contributed by atoms with Crippen LogP contribution in [0.5, 0.6) is 5.75 Å². The average Bonchev–Trinajstić information content (AvgIpc) is 3.35. The molecule has 4 rings (SSSR count). The van der Waals surface area contributed by atoms with E-state index in [0.29, 0.717) is 22.3 Å². The summed E-state index contributed by atoms with van der Waals surface area (Å²) < 4.78 is 39.2. The minimum atomic E-state index is -0.870. The highest BCUT2D eigenvalue weighted by molar-refractivity contribution is 9.10. The van der Waals surface area contributed by atoms with E-state index >= 15 is 0 Å². The van der Waals surface area contributed by atoms with Crippen molar-refractivity contribution in [2.45, 2.75) is 32.9 Å². The second kappa shape index (κ2) is 10.2. The highest BCUT2D eigenvalue weighted by atomic mass is 79.9. The van der Waals surface area contributed by atoms with E-state index in [1.54, 1.807) is 17.8 Å². The van der Waals surface area contributed by atoms with Gasteiger partial charge < -0.3 is 14.9 Å². The Morgan fingerprint density at radius 1 is 1.17 bits per heavy atom. The topological polar surface area (TPSA) is 101 Å². The molecule has 0 N–H and O–H groups in total. The van der Waals surface area contributed by atoms with Crippen LogP contribution in [0.4, 0.5) is 14.6 Å². The van der Waals surface area contributed by atoms with Crippen LogP contribution in [0.3, 0.4) is 0 Å². The first-order valence-electron chi connectivity index (χ1n) is 10.4. The van der Waals surface area contributed by atoms with Gasteiger partial charge in [-0.15, -0.1) is 0 Å². The Kier molecular flexibility index (Phi) is 7.26. The first kappa shape index (κ1) is 24.9. The van der Waals surface area contributed by atoms with E-state index in [4.69, 9.17) is 4.74 Å². The lowest BCUT2D eigenvalue weighted by atomic mass is 10.1. The maximum Gasteiger partial charge on any atom is 0.406 e. The van der Waals surface area contributed by atoms with Crippen molar-refractivity contribution in [1.29, 1.82) is 0 Å². The van der Waals surface area contributed by atoms with Crippen molar-refractivity contribution in [3.05, 3.63) is 90.5 Å². The van der Waals surface area contributed by atoms with Gasteiger partial charge in [-0.05, 0) is 73.8 Å². The Morgan fingerprint density at radius 3 is 2.63 bits per heavy atom. The van der Waals surface area contributed by atoms with Gasteiger partial charge in [0.25, 0.3) is 0 Å². The molecule has 0 spiro atoms. The van der Waals surface area contributed by atoms with Crippen LogP contribution in [-0.4, -0.2) is 29.5 Å². The molecular weight excluding hydrogens is 594 g/mol. The Labute approximate surface area is 215 Å². The molecule has 9 nitrogen and oxygen atoms in total. The Balaban J connectivity index is 1.75. The second-order valence-electron chi connectivity index (χ2n) is 7.50. The maximum absolute atomic E-state index is 14.8. The summed E-state index contributed by atoms with van der Waals surface area (Å²) in [6.07, 6.45) is 3.29. The number of aromatic nitrogens is 5. The van der Waals surface area contributed by atoms with Crippen LogP contribution in [0, 0.1) is 21.7 Å². The highest BCUT2D eigenvalue weighted by Crippen LogP contribution is 2.34. The zero-order valence-electron chi connectivity index (χ0n) is 18.5. The van der Waals surface area contributed by atoms with E-state index in [0.717, 1.165) is 16.4 Å². The molecule has 1 unspecified atom stereocenters. The van der Waals surface area contributed by atoms with Gasteiger partial charge in [0, 0.05) is 30.2 Å². The second-order valence-corrected chi connectivity index (χ2v) is 9.17. The Morgan fingerprint density at radius 2 is 1.94 bits per heavy atom. The van der Waals surface area contributed by atoms with Crippen LogP contribution in [0.2, 0.25) is 0 Å². The number of rotatable bonds is 8. The number of nitro groups is 1. The Bertz CT molecular complexity index is 1410. The van der Waals surface area contributed by atoms with Gasteiger partial charge in [0.2, 0.25) is 5.75 Å². The van der Waals surface area contributed by atoms with Crippen molar-refractivity contribution in [2.75, 3.05) is 0 Å². The molecule has 3 aromatic heterocycles. The molecule has 182 valence electrons. The molecule has 13 heteroatoms. The number of hydrogen-bond donors (Lipinski definition) is 0. The minimum Gasteiger partial charge on any atom is -0.478 e. The number of nitrogens with zero attached hydrogens (tertiary/aromatic N) is 6. The van der Waals surface area contributed by atoms with Crippen molar-refractivity contribution in [3.63, 3.8) is 0 Å². The summed E-state index contributed by atoms with van der Waals surface area (Å²) in [6, 6.07) is 5.32. The van der Waals surface area contributed by atoms with Gasteiger partial charge in [-0.1, -0.05) is 0 Å². The normalized spacial score (nSPS) is 12.1. The van der Waals surface area contributed by atoms with Gasteiger partial charge in [0.15, 0.2) is 12.0 Å². The van der Waals surface area contributed by atoms with Crippen molar-refractivity contribution in [3.8, 4) is 11.4 Å². The summed E-state index contributed by atoms with van der Waals surface area (Å²) in [5.74, 6) is -1.68. The van der Waals surface area contributed by atoms with E-state index in [-0.39, 0.29) is 17.9 Å². The summed E-state index contributed by atoms with van der Waals surface area (Å²) in [7, 11) is 0. The molecular formula is C22H18Br2F2N6O3. The van der Waals surface area contributed by atoms with Crippen molar-refractivity contribution in [1.82, 2.24) is 24.5 Å². The molecule has 1 atom stereocenters. The van der Waals surface area contributed by atoms with E-state index in [2.05, 4.69) is 47.0 Å². The maximum atomic E-state index is 14.8. The number of halogens is 4. The zero-order valence-corrected chi connectivity index (χ0v) is 21.6. The predicted molar refractivity (Wildman–Crippen MR) is 130 cm³/mol. The molecule has 0 aliphatic heterocycles. The molecule has 35 heavy (non-hydrogen) atoms. The standard InChI is InChI=1S/C22H18Br2F2N6O3/c1-3-30-21(24)13(9-28-30)6-19-17(26)11-29-31(19)18-5-4-15(25)8-16(18)12(2)35-20-7-14(23)10-27-22(20)32(33)34/h4-5,7-12H,3,6H2,1-2H3. The fourth-order valence-electron chi connectivity index (χ4n) is 3.58. The monoisotopic (exact) mass is 610 g/mol. The highest BCUT2D eigenvalue weighted by Gasteiger charge is 2.24. The molecule has 0 saturated heterocycles. The third-order valence-corrected chi connectivity index (χ3v) is 6.60. The first-order valence-corrected chi connectivity index (χ1v) is 12.0. The van der Waals surface area contributed by atoms with E-state index < -0.39 is 28.5 Å². The van der Waals surface area contributed by atoms with E-state index in [1.807, 2.05) is 6.92 Å². The van der Waals surface area contributed by atoms with Gasteiger partial charge in [-0.2, -0.15) is 10.2 Å². The van der Waals surface area contributed by atoms with Crippen LogP contribution in [0.1, 0.15) is 36.8 Å². The lowest BCUT2D eigenvalue weighted by molar-refractivity contribution is -0.390. The number of ether oxygens (including phenoxy) is 1. The summed E-state index contributed by atoms with van der Waals surface area (Å²) in [4.78, 5) is 14.5. The first-order chi connectivity index (χ1) is 16.7. The quantitative estimate of drug-likeness (QED) is 0.181. The van der Waals surface area contributed by atoms with E-state index in [9.17, 15) is 18.9 Å². The number of hydrogen-bond acceptors (Lipinski definition) is 6. The van der Waals surface area contributed by atoms with Gasteiger partial charge in [-0.3, -0.25) is 4.68 Å². The smallest absolute Gasteiger partial charge is 0.406 e. The fraction of sp³-hybridized carbons (Fsp3) is 0.227. The summed E-state index contributed by atoms with van der Waals surface area (Å²) in [5.41, 5.74) is 1.65. The van der Waals surface area contributed by atoms with Crippen LogP contribution < -0.4 is 4.74 Å². The molecule has 0 amide bonds. The molecule has 1 aromatic carbocycles. The molecule has 0 aliphatic carbocycles. The van der Waals surface area contributed by atoms with Gasteiger partial charge in [0.05, 0.1) is 28.2 Å². The lowest BCUT2D eigenvalue weighted by Crippen LogP contribution is -2.13. The number of benzene rings is 1. The molecule has 0 fully saturated rings. The van der Waals surface area contributed by atoms with Crippen LogP contribution in [0.15, 0.2) is 51.9 Å². The summed E-state index contributed by atoms with van der Waals surface area (Å²) >= 11 is 6.70. The van der Waals surface area contributed by atoms with Crippen molar-refractivity contribution < 1.29 is 18.4 Å². The minimum absolute atomic E-state index is 0.102. The van der Waals surface area contributed by atoms with Crippen LogP contribution in [0.25, 0.3) is 5.69 Å². The van der Waals surface area contributed by atoms with Gasteiger partial charge >= 0.3 is 5.82 Å². The predicted octanol–water partition coefficient (Wildman–Crippen LogP) is 5.93. The average molecular weight is 612 g/mol. The largest absolute Gasteiger partial charge is 0.478 e. The molecule has 0 radical (unpaired) electrons. The van der Waals surface area contributed by atoms with Crippen molar-refractivity contribution >= 4 is 37.7 Å². The number of pyridine rings is 1. The van der Waals surface area contributed by atoms with Crippen LogP contribution in [-0.2, 0) is 13.0 Å². The molecule has 0 aliphatic rings. The molecule has 3 heterocycles. The SMILES string of the molecule is CCn1ncc(Cc2c(F)cnn2-c2ccc(F)cc2C(C)Oc2cc(Br)cnc2[N+](=O)[O-])c1Br. The molecule has 4 aromatic rings. The zero-order chi connectivity index (χ0) is 25.3. The van der Waals surface area contributed by atoms with Crippen molar-refractivity contribution in [2.24, 2.45) is 0 Å². The Hall–Kier alpha value is -3.19. The lowest BCUT2D eigenvalue weighted by Gasteiger charge is -2.19. The summed E-state index contributed by atoms with van der Waals surface area (Å²) in [5, 5.41) is 19.8. The molecule has 0 bridgehead atoms. The molecule has 0 saturated carbocycles.